The van der Waals surface area contributed by atoms with Crippen LogP contribution >= 0.6 is 0 Å². The number of aromatic nitrogens is 5. The van der Waals surface area contributed by atoms with Crippen LogP contribution in [0.2, 0.25) is 0 Å². The number of pyridine rings is 5. The van der Waals surface area contributed by atoms with Crippen molar-refractivity contribution < 1.29 is 0 Å². The van der Waals surface area contributed by atoms with Crippen LogP contribution in [0.3, 0.4) is 0 Å². The fraction of sp³-hybridized carbons (Fsp3) is 0. The second kappa shape index (κ2) is 16.4. The molecule has 0 saturated carbocycles. The summed E-state index contributed by atoms with van der Waals surface area (Å²) in [6, 6.07) is 65.7. The number of hydrogen-bond acceptors (Lipinski definition) is 5. The van der Waals surface area contributed by atoms with Crippen LogP contribution < -0.4 is 0 Å². The first-order chi connectivity index (χ1) is 29.7. The van der Waals surface area contributed by atoms with Crippen molar-refractivity contribution in [2.45, 2.75) is 0 Å². The van der Waals surface area contributed by atoms with E-state index < -0.39 is 0 Å². The van der Waals surface area contributed by atoms with Crippen molar-refractivity contribution in [2.24, 2.45) is 0 Å². The second-order valence-electron chi connectivity index (χ2n) is 14.7. The summed E-state index contributed by atoms with van der Waals surface area (Å²) in [4.78, 5) is 23.4. The molecule has 0 unspecified atom stereocenters. The molecule has 0 saturated heterocycles. The molecule has 0 N–H and O–H groups in total. The molecular formula is C55H37N5. The van der Waals surface area contributed by atoms with Gasteiger partial charge in [-0.25, -0.2) is 4.98 Å². The summed E-state index contributed by atoms with van der Waals surface area (Å²) in [7, 11) is 0. The first kappa shape index (κ1) is 36.2. The molecule has 0 aliphatic rings. The standard InChI is InChI=1S/C55H37N5/c1-2-10-38(11-3-1)54-32-51(43-16-4-12-39(28-43)40-13-5-17-44(29-40)52-24-22-49(36-58-52)47-20-8-26-56-34-47)33-55(60-54)46-19-7-15-42(31-46)41-14-6-18-45(30-41)53-25-23-50(37-59-53)48-21-9-27-57-35-48/h1-37H. The Morgan fingerprint density at radius 1 is 0.217 bits per heavy atom. The molecule has 0 fully saturated rings. The van der Waals surface area contributed by atoms with Crippen LogP contribution in [0.1, 0.15) is 0 Å². The van der Waals surface area contributed by atoms with Gasteiger partial charge in [-0.05, 0) is 94.0 Å². The van der Waals surface area contributed by atoms with E-state index >= 15 is 0 Å². The van der Waals surface area contributed by atoms with Gasteiger partial charge in [-0.1, -0.05) is 127 Å². The van der Waals surface area contributed by atoms with E-state index in [-0.39, 0.29) is 0 Å². The van der Waals surface area contributed by atoms with Gasteiger partial charge in [0.25, 0.3) is 0 Å². The van der Waals surface area contributed by atoms with Gasteiger partial charge in [-0.15, -0.1) is 0 Å². The van der Waals surface area contributed by atoms with Crippen molar-refractivity contribution in [1.29, 1.82) is 0 Å². The first-order valence-electron chi connectivity index (χ1n) is 19.9. The minimum atomic E-state index is 0.908. The normalized spacial score (nSPS) is 11.0. The van der Waals surface area contributed by atoms with Gasteiger partial charge >= 0.3 is 0 Å². The van der Waals surface area contributed by atoms with E-state index in [1.165, 1.54) is 0 Å². The Balaban J connectivity index is 0.973. The van der Waals surface area contributed by atoms with E-state index in [4.69, 9.17) is 15.0 Å². The van der Waals surface area contributed by atoms with Crippen molar-refractivity contribution in [3.63, 3.8) is 0 Å². The highest BCUT2D eigenvalue weighted by molar-refractivity contribution is 5.82. The summed E-state index contributed by atoms with van der Waals surface area (Å²) in [6.45, 7) is 0. The van der Waals surface area contributed by atoms with E-state index in [0.717, 1.165) is 101 Å². The SMILES string of the molecule is c1ccc(-c2cc(-c3cccc(-c4cccc(-c5ccc(-c6cccnc6)cn5)c4)c3)cc(-c3cccc(-c4cccc(-c5ccc(-c6cccnc6)cn5)c4)c3)n2)cc1. The molecule has 5 aromatic carbocycles. The lowest BCUT2D eigenvalue weighted by molar-refractivity contribution is 1.30. The Morgan fingerprint density at radius 2 is 0.583 bits per heavy atom. The van der Waals surface area contributed by atoms with E-state index in [1.54, 1.807) is 12.4 Å². The predicted octanol–water partition coefficient (Wildman–Crippen LogP) is 13.7. The Bertz CT molecular complexity index is 2870. The summed E-state index contributed by atoms with van der Waals surface area (Å²) >= 11 is 0. The molecule has 282 valence electrons. The fourth-order valence-corrected chi connectivity index (χ4v) is 7.59. The summed E-state index contributed by atoms with van der Waals surface area (Å²) in [5, 5.41) is 0. The molecule has 0 amide bonds. The molecular weight excluding hydrogens is 731 g/mol. The molecule has 5 heteroatoms. The van der Waals surface area contributed by atoms with Crippen molar-refractivity contribution in [1.82, 2.24) is 24.9 Å². The van der Waals surface area contributed by atoms with Crippen LogP contribution in [-0.4, -0.2) is 24.9 Å². The number of benzene rings is 5. The third kappa shape index (κ3) is 7.76. The maximum atomic E-state index is 5.26. The van der Waals surface area contributed by atoms with E-state index in [0.29, 0.717) is 0 Å². The Kier molecular flexibility index (Phi) is 9.88. The highest BCUT2D eigenvalue weighted by Crippen LogP contribution is 2.35. The maximum absolute atomic E-state index is 5.26. The van der Waals surface area contributed by atoms with Crippen LogP contribution in [0.15, 0.2) is 225 Å². The first-order valence-corrected chi connectivity index (χ1v) is 19.9. The van der Waals surface area contributed by atoms with Crippen LogP contribution in [-0.2, 0) is 0 Å². The van der Waals surface area contributed by atoms with Gasteiger partial charge in [0.2, 0.25) is 0 Å². The Morgan fingerprint density at radius 3 is 1.02 bits per heavy atom. The van der Waals surface area contributed by atoms with Crippen molar-refractivity contribution in [2.75, 3.05) is 0 Å². The second-order valence-corrected chi connectivity index (χ2v) is 14.7. The molecule has 10 rings (SSSR count). The quantitative estimate of drug-likeness (QED) is 0.146. The summed E-state index contributed by atoms with van der Waals surface area (Å²) in [6.07, 6.45) is 11.1. The molecule has 10 aromatic rings. The third-order valence-electron chi connectivity index (χ3n) is 10.7. The minimum absolute atomic E-state index is 0.908. The monoisotopic (exact) mass is 767 g/mol. The number of rotatable bonds is 9. The van der Waals surface area contributed by atoms with E-state index in [9.17, 15) is 0 Å². The van der Waals surface area contributed by atoms with Gasteiger partial charge in [0, 0.05) is 81.7 Å². The molecule has 5 aromatic heterocycles. The molecule has 0 aliphatic heterocycles. The van der Waals surface area contributed by atoms with Crippen LogP contribution in [0, 0.1) is 0 Å². The van der Waals surface area contributed by atoms with E-state index in [1.807, 2.05) is 55.1 Å². The molecule has 5 nitrogen and oxygen atoms in total. The zero-order valence-corrected chi connectivity index (χ0v) is 32.6. The lowest BCUT2D eigenvalue weighted by Crippen LogP contribution is -1.92. The van der Waals surface area contributed by atoms with Gasteiger partial charge in [-0.3, -0.25) is 19.9 Å². The minimum Gasteiger partial charge on any atom is -0.264 e. The molecule has 5 heterocycles. The maximum Gasteiger partial charge on any atom is 0.0715 e. The topological polar surface area (TPSA) is 64.5 Å². The number of hydrogen-bond donors (Lipinski definition) is 0. The largest absolute Gasteiger partial charge is 0.264 e. The molecule has 0 spiro atoms. The summed E-state index contributed by atoms with van der Waals surface area (Å²) < 4.78 is 0. The van der Waals surface area contributed by atoms with Gasteiger partial charge in [-0.2, -0.15) is 0 Å². The zero-order chi connectivity index (χ0) is 40.1. The Labute approximate surface area is 349 Å². The predicted molar refractivity (Wildman–Crippen MR) is 244 cm³/mol. The average Bonchev–Trinajstić information content (AvgIpc) is 3.35. The van der Waals surface area contributed by atoms with Crippen LogP contribution in [0.25, 0.3) is 101 Å². The fourth-order valence-electron chi connectivity index (χ4n) is 7.59. The number of nitrogens with zero attached hydrogens (tertiary/aromatic N) is 5. The summed E-state index contributed by atoms with van der Waals surface area (Å²) in [5.74, 6) is 0. The van der Waals surface area contributed by atoms with Crippen molar-refractivity contribution in [3.05, 3.63) is 225 Å². The molecule has 0 radical (unpaired) electrons. The lowest BCUT2D eigenvalue weighted by Gasteiger charge is -2.13. The van der Waals surface area contributed by atoms with Crippen LogP contribution in [0.4, 0.5) is 0 Å². The highest BCUT2D eigenvalue weighted by Gasteiger charge is 2.13. The lowest BCUT2D eigenvalue weighted by atomic mass is 9.95. The third-order valence-corrected chi connectivity index (χ3v) is 10.7. The van der Waals surface area contributed by atoms with E-state index in [2.05, 4.69) is 168 Å². The van der Waals surface area contributed by atoms with Gasteiger partial charge in [0.05, 0.1) is 22.8 Å². The van der Waals surface area contributed by atoms with Crippen molar-refractivity contribution >= 4 is 0 Å². The van der Waals surface area contributed by atoms with Gasteiger partial charge in [0.1, 0.15) is 0 Å². The van der Waals surface area contributed by atoms with Gasteiger partial charge in [0.15, 0.2) is 0 Å². The molecule has 0 bridgehead atoms. The zero-order valence-electron chi connectivity index (χ0n) is 32.6. The molecule has 60 heavy (non-hydrogen) atoms. The molecule has 0 atom stereocenters. The summed E-state index contributed by atoms with van der Waals surface area (Å²) in [5.41, 5.74) is 18.8. The van der Waals surface area contributed by atoms with Crippen molar-refractivity contribution in [3.8, 4) is 101 Å². The van der Waals surface area contributed by atoms with Gasteiger partial charge < -0.3 is 0 Å². The molecule has 0 aliphatic carbocycles. The average molecular weight is 768 g/mol. The highest BCUT2D eigenvalue weighted by atomic mass is 14.7. The smallest absolute Gasteiger partial charge is 0.0715 e. The van der Waals surface area contributed by atoms with Crippen LogP contribution in [0.5, 0.6) is 0 Å². The Hall–Kier alpha value is -8.15.